The molecule has 1 saturated heterocycles. The van der Waals surface area contributed by atoms with E-state index in [4.69, 9.17) is 9.47 Å². The SMILES string of the molecule is Cc1c(-c2ccc(OCc3ccccn3)cc2)nnn1C[C@H]1CCCCO1. The normalized spacial score (nSPS) is 17.0. The summed E-state index contributed by atoms with van der Waals surface area (Å²) in [6.45, 7) is 4.13. The van der Waals surface area contributed by atoms with Crippen LogP contribution in [0.1, 0.15) is 30.7 Å². The van der Waals surface area contributed by atoms with Gasteiger partial charge in [0.1, 0.15) is 18.1 Å². The Morgan fingerprint density at radius 2 is 2.04 bits per heavy atom. The lowest BCUT2D eigenvalue weighted by atomic mass is 10.1. The van der Waals surface area contributed by atoms with Crippen molar-refractivity contribution in [1.29, 1.82) is 0 Å². The third kappa shape index (κ3) is 4.34. The topological polar surface area (TPSA) is 62.1 Å². The van der Waals surface area contributed by atoms with Gasteiger partial charge in [0.2, 0.25) is 0 Å². The van der Waals surface area contributed by atoms with Gasteiger partial charge in [0.25, 0.3) is 0 Å². The summed E-state index contributed by atoms with van der Waals surface area (Å²) >= 11 is 0. The number of ether oxygens (including phenoxy) is 2. The molecule has 27 heavy (non-hydrogen) atoms. The Balaban J connectivity index is 1.41. The van der Waals surface area contributed by atoms with Crippen molar-refractivity contribution in [2.24, 2.45) is 0 Å². The molecule has 0 unspecified atom stereocenters. The standard InChI is InChI=1S/C21H24N4O2/c1-16-21(23-24-25(16)14-20-7-3-5-13-26-20)17-8-10-19(11-9-17)27-15-18-6-2-4-12-22-18/h2,4,6,8-12,20H,3,5,7,13-15H2,1H3/t20-/m1/s1. The second kappa shape index (κ2) is 8.31. The van der Waals surface area contributed by atoms with E-state index in [1.54, 1.807) is 6.20 Å². The second-order valence-corrected chi connectivity index (χ2v) is 6.83. The fourth-order valence-electron chi connectivity index (χ4n) is 3.29. The molecule has 140 valence electrons. The molecular weight excluding hydrogens is 340 g/mol. The zero-order valence-electron chi connectivity index (χ0n) is 15.5. The van der Waals surface area contributed by atoms with E-state index in [-0.39, 0.29) is 6.10 Å². The molecule has 2 aromatic heterocycles. The lowest BCUT2D eigenvalue weighted by Crippen LogP contribution is -2.25. The van der Waals surface area contributed by atoms with Crippen molar-refractivity contribution in [2.75, 3.05) is 6.61 Å². The van der Waals surface area contributed by atoms with E-state index in [9.17, 15) is 0 Å². The molecule has 1 atom stereocenters. The van der Waals surface area contributed by atoms with Crippen molar-refractivity contribution in [1.82, 2.24) is 20.0 Å². The van der Waals surface area contributed by atoms with Crippen LogP contribution in [-0.2, 0) is 17.9 Å². The first kappa shape index (κ1) is 17.7. The van der Waals surface area contributed by atoms with Crippen molar-refractivity contribution in [3.63, 3.8) is 0 Å². The van der Waals surface area contributed by atoms with E-state index < -0.39 is 0 Å². The van der Waals surface area contributed by atoms with Crippen LogP contribution in [0.3, 0.4) is 0 Å². The predicted molar refractivity (Wildman–Crippen MR) is 102 cm³/mol. The van der Waals surface area contributed by atoms with Crippen molar-refractivity contribution >= 4 is 0 Å². The maximum absolute atomic E-state index is 5.82. The molecule has 4 rings (SSSR count). The maximum atomic E-state index is 5.82. The van der Waals surface area contributed by atoms with Crippen LogP contribution in [0.25, 0.3) is 11.3 Å². The Labute approximate surface area is 159 Å². The molecule has 0 aliphatic carbocycles. The molecule has 0 N–H and O–H groups in total. The summed E-state index contributed by atoms with van der Waals surface area (Å²) < 4.78 is 13.6. The number of nitrogens with zero attached hydrogens (tertiary/aromatic N) is 4. The molecule has 1 aliphatic heterocycles. The van der Waals surface area contributed by atoms with E-state index in [2.05, 4.69) is 22.2 Å². The second-order valence-electron chi connectivity index (χ2n) is 6.83. The van der Waals surface area contributed by atoms with E-state index in [1.165, 1.54) is 6.42 Å². The van der Waals surface area contributed by atoms with E-state index >= 15 is 0 Å². The number of benzene rings is 1. The van der Waals surface area contributed by atoms with Gasteiger partial charge >= 0.3 is 0 Å². The summed E-state index contributed by atoms with van der Waals surface area (Å²) in [6, 6.07) is 13.8. The summed E-state index contributed by atoms with van der Waals surface area (Å²) in [4.78, 5) is 4.26. The Kier molecular flexibility index (Phi) is 5.44. The maximum Gasteiger partial charge on any atom is 0.130 e. The molecule has 0 radical (unpaired) electrons. The molecule has 3 aromatic rings. The minimum absolute atomic E-state index is 0.245. The summed E-state index contributed by atoms with van der Waals surface area (Å²) in [6.07, 6.45) is 5.50. The van der Waals surface area contributed by atoms with Crippen LogP contribution in [0.15, 0.2) is 48.7 Å². The quantitative estimate of drug-likeness (QED) is 0.666. The minimum Gasteiger partial charge on any atom is -0.487 e. The zero-order valence-corrected chi connectivity index (χ0v) is 15.5. The van der Waals surface area contributed by atoms with Crippen LogP contribution < -0.4 is 4.74 Å². The summed E-state index contributed by atoms with van der Waals surface area (Å²) in [7, 11) is 0. The smallest absolute Gasteiger partial charge is 0.130 e. The first-order valence-electron chi connectivity index (χ1n) is 9.44. The Hall–Kier alpha value is -2.73. The van der Waals surface area contributed by atoms with Gasteiger partial charge in [-0.3, -0.25) is 4.98 Å². The van der Waals surface area contributed by atoms with Gasteiger partial charge < -0.3 is 9.47 Å². The zero-order chi connectivity index (χ0) is 18.5. The number of hydrogen-bond donors (Lipinski definition) is 0. The van der Waals surface area contributed by atoms with Gasteiger partial charge in [-0.05, 0) is 62.6 Å². The average molecular weight is 364 g/mol. The van der Waals surface area contributed by atoms with Crippen LogP contribution in [0.4, 0.5) is 0 Å². The van der Waals surface area contributed by atoms with Crippen LogP contribution >= 0.6 is 0 Å². The van der Waals surface area contributed by atoms with Gasteiger partial charge in [0, 0.05) is 18.4 Å². The van der Waals surface area contributed by atoms with Crippen molar-refractivity contribution < 1.29 is 9.47 Å². The van der Waals surface area contributed by atoms with Gasteiger partial charge in [0.15, 0.2) is 0 Å². The molecule has 1 aromatic carbocycles. The molecule has 1 aliphatic rings. The number of rotatable bonds is 6. The molecule has 6 nitrogen and oxygen atoms in total. The minimum atomic E-state index is 0.245. The number of hydrogen-bond acceptors (Lipinski definition) is 5. The molecule has 3 heterocycles. The molecule has 0 saturated carbocycles. The fourth-order valence-corrected chi connectivity index (χ4v) is 3.29. The average Bonchev–Trinajstić information content (AvgIpc) is 3.09. The van der Waals surface area contributed by atoms with Gasteiger partial charge in [-0.25, -0.2) is 4.68 Å². The molecule has 0 amide bonds. The number of aromatic nitrogens is 4. The first-order chi connectivity index (χ1) is 13.3. The highest BCUT2D eigenvalue weighted by Gasteiger charge is 2.18. The van der Waals surface area contributed by atoms with Crippen molar-refractivity contribution in [3.05, 3.63) is 60.0 Å². The van der Waals surface area contributed by atoms with Gasteiger partial charge in [-0.15, -0.1) is 5.10 Å². The third-order valence-electron chi connectivity index (χ3n) is 4.87. The summed E-state index contributed by atoms with van der Waals surface area (Å²) in [5.74, 6) is 0.810. The van der Waals surface area contributed by atoms with Crippen LogP contribution in [0.5, 0.6) is 5.75 Å². The Bertz CT molecular complexity index is 856. The molecule has 1 fully saturated rings. The van der Waals surface area contributed by atoms with E-state index in [1.807, 2.05) is 47.1 Å². The van der Waals surface area contributed by atoms with Gasteiger partial charge in [-0.1, -0.05) is 11.3 Å². The highest BCUT2D eigenvalue weighted by Crippen LogP contribution is 2.24. The Morgan fingerprint density at radius 1 is 1.15 bits per heavy atom. The van der Waals surface area contributed by atoms with Crippen LogP contribution in [-0.4, -0.2) is 32.7 Å². The van der Waals surface area contributed by atoms with E-state index in [0.29, 0.717) is 6.61 Å². The van der Waals surface area contributed by atoms with Gasteiger partial charge in [-0.2, -0.15) is 0 Å². The largest absolute Gasteiger partial charge is 0.487 e. The Morgan fingerprint density at radius 3 is 2.78 bits per heavy atom. The van der Waals surface area contributed by atoms with Crippen LogP contribution in [0, 0.1) is 6.92 Å². The van der Waals surface area contributed by atoms with E-state index in [0.717, 1.165) is 54.4 Å². The highest BCUT2D eigenvalue weighted by molar-refractivity contribution is 5.61. The van der Waals surface area contributed by atoms with Gasteiger partial charge in [0.05, 0.1) is 24.0 Å². The third-order valence-corrected chi connectivity index (χ3v) is 4.87. The molecule has 6 heteroatoms. The lowest BCUT2D eigenvalue weighted by Gasteiger charge is -2.22. The summed E-state index contributed by atoms with van der Waals surface area (Å²) in [5.41, 5.74) is 3.91. The molecular formula is C21H24N4O2. The molecule has 0 spiro atoms. The monoisotopic (exact) mass is 364 g/mol. The van der Waals surface area contributed by atoms with Crippen molar-refractivity contribution in [2.45, 2.75) is 45.4 Å². The number of pyridine rings is 1. The molecule has 0 bridgehead atoms. The highest BCUT2D eigenvalue weighted by atomic mass is 16.5. The lowest BCUT2D eigenvalue weighted by molar-refractivity contribution is 0.00337. The van der Waals surface area contributed by atoms with Crippen LogP contribution in [0.2, 0.25) is 0 Å². The van der Waals surface area contributed by atoms with Crippen molar-refractivity contribution in [3.8, 4) is 17.0 Å². The summed E-state index contributed by atoms with van der Waals surface area (Å²) in [5, 5.41) is 8.71. The first-order valence-corrected chi connectivity index (χ1v) is 9.44. The fraction of sp³-hybridized carbons (Fsp3) is 0.381. The predicted octanol–water partition coefficient (Wildman–Crippen LogP) is 3.80.